The summed E-state index contributed by atoms with van der Waals surface area (Å²) >= 11 is 0. The first-order valence-corrected chi connectivity index (χ1v) is 10.2. The van der Waals surface area contributed by atoms with E-state index in [4.69, 9.17) is 0 Å². The lowest BCUT2D eigenvalue weighted by Gasteiger charge is -2.35. The number of carbonyl (C=O) groups excluding carboxylic acids is 1. The van der Waals surface area contributed by atoms with Gasteiger partial charge in [0.25, 0.3) is 0 Å². The maximum absolute atomic E-state index is 13.4. The minimum absolute atomic E-state index is 0.150. The molecule has 1 aliphatic rings. The predicted octanol–water partition coefficient (Wildman–Crippen LogP) is 0.771. The average molecular weight is 389 g/mol. The molecule has 0 aromatic heterocycles. The van der Waals surface area contributed by atoms with Crippen LogP contribution in [-0.4, -0.2) is 41.4 Å². The van der Waals surface area contributed by atoms with Gasteiger partial charge in [-0.2, -0.15) is 4.31 Å². The zero-order valence-corrected chi connectivity index (χ0v) is 15.8. The van der Waals surface area contributed by atoms with E-state index in [9.17, 15) is 18.3 Å². The molecule has 27 heavy (non-hydrogen) atoms. The molecule has 3 N–H and O–H groups in total. The van der Waals surface area contributed by atoms with Crippen molar-refractivity contribution < 1.29 is 18.3 Å². The van der Waals surface area contributed by atoms with Crippen LogP contribution < -0.4 is 10.6 Å². The van der Waals surface area contributed by atoms with Crippen LogP contribution in [-0.2, 0) is 27.9 Å². The van der Waals surface area contributed by atoms with Gasteiger partial charge in [0.05, 0.1) is 0 Å². The number of nitrogens with zero attached hydrogens (tertiary/aromatic N) is 1. The first kappa shape index (κ1) is 19.5. The molecule has 3 unspecified atom stereocenters. The second kappa shape index (κ2) is 8.18. The minimum atomic E-state index is -3.99. The summed E-state index contributed by atoms with van der Waals surface area (Å²) in [5.74, 6) is -0.708. The van der Waals surface area contributed by atoms with E-state index in [0.717, 1.165) is 11.1 Å². The number of sulfonamides is 1. The van der Waals surface area contributed by atoms with Crippen molar-refractivity contribution in [3.63, 3.8) is 0 Å². The van der Waals surface area contributed by atoms with Gasteiger partial charge in [-0.15, -0.1) is 0 Å². The summed E-state index contributed by atoms with van der Waals surface area (Å²) in [7, 11) is -3.99. The Labute approximate surface area is 159 Å². The molecule has 7 nitrogen and oxygen atoms in total. The SMILES string of the molecule is CC1NC(O)NC(=O)C1S(=O)(=O)N(Cc1ccccc1)Cc1ccccc1. The Hall–Kier alpha value is -2.26. The van der Waals surface area contributed by atoms with Crippen molar-refractivity contribution in [1.29, 1.82) is 0 Å². The monoisotopic (exact) mass is 389 g/mol. The van der Waals surface area contributed by atoms with E-state index >= 15 is 0 Å². The Kier molecular flexibility index (Phi) is 5.91. The fraction of sp³-hybridized carbons (Fsp3) is 0.316. The largest absolute Gasteiger partial charge is 0.361 e. The van der Waals surface area contributed by atoms with E-state index in [0.29, 0.717) is 0 Å². The molecule has 0 aliphatic carbocycles. The number of benzene rings is 2. The van der Waals surface area contributed by atoms with Crippen molar-refractivity contribution in [2.75, 3.05) is 0 Å². The summed E-state index contributed by atoms with van der Waals surface area (Å²) in [6, 6.07) is 17.8. The lowest BCUT2D eigenvalue weighted by atomic mass is 10.2. The quantitative estimate of drug-likeness (QED) is 0.678. The number of rotatable bonds is 6. The van der Waals surface area contributed by atoms with Gasteiger partial charge in [-0.25, -0.2) is 8.42 Å². The summed E-state index contributed by atoms with van der Waals surface area (Å²) in [4.78, 5) is 12.4. The van der Waals surface area contributed by atoms with Crippen LogP contribution in [0, 0.1) is 0 Å². The number of aliphatic hydroxyl groups excluding tert-OH is 1. The van der Waals surface area contributed by atoms with Gasteiger partial charge in [0.15, 0.2) is 11.6 Å². The fourth-order valence-electron chi connectivity index (χ4n) is 3.19. The Bertz CT molecular complexity index is 833. The van der Waals surface area contributed by atoms with Crippen molar-refractivity contribution in [2.45, 2.75) is 37.7 Å². The van der Waals surface area contributed by atoms with Gasteiger partial charge < -0.3 is 10.4 Å². The molecule has 3 atom stereocenters. The Morgan fingerprint density at radius 1 is 0.963 bits per heavy atom. The molecular formula is C19H23N3O4S. The average Bonchev–Trinajstić information content (AvgIpc) is 2.62. The smallest absolute Gasteiger partial charge is 0.244 e. The topological polar surface area (TPSA) is 98.7 Å². The fourth-order valence-corrected chi connectivity index (χ4v) is 5.10. The van der Waals surface area contributed by atoms with E-state index < -0.39 is 33.6 Å². The number of amides is 1. The first-order valence-electron chi connectivity index (χ1n) is 8.69. The van der Waals surface area contributed by atoms with Gasteiger partial charge >= 0.3 is 0 Å². The van der Waals surface area contributed by atoms with Crippen molar-refractivity contribution in [3.8, 4) is 0 Å². The van der Waals surface area contributed by atoms with Crippen molar-refractivity contribution in [3.05, 3.63) is 71.8 Å². The molecular weight excluding hydrogens is 366 g/mol. The van der Waals surface area contributed by atoms with Crippen LogP contribution in [0.3, 0.4) is 0 Å². The van der Waals surface area contributed by atoms with Crippen LogP contribution in [0.25, 0.3) is 0 Å². The van der Waals surface area contributed by atoms with Gasteiger partial charge in [0, 0.05) is 19.1 Å². The number of nitrogens with one attached hydrogen (secondary N) is 2. The molecule has 1 aliphatic heterocycles. The molecule has 1 fully saturated rings. The zero-order chi connectivity index (χ0) is 19.4. The number of carbonyl (C=O) groups is 1. The van der Waals surface area contributed by atoms with E-state index in [1.807, 2.05) is 60.7 Å². The predicted molar refractivity (Wildman–Crippen MR) is 102 cm³/mol. The summed E-state index contributed by atoms with van der Waals surface area (Å²) in [6.45, 7) is 1.88. The Balaban J connectivity index is 1.93. The molecule has 3 rings (SSSR count). The third-order valence-corrected chi connectivity index (χ3v) is 6.74. The molecule has 8 heteroatoms. The zero-order valence-electron chi connectivity index (χ0n) is 14.9. The molecule has 2 aromatic carbocycles. The maximum Gasteiger partial charge on any atom is 0.244 e. The third kappa shape index (κ3) is 4.54. The first-order chi connectivity index (χ1) is 12.9. The second-order valence-corrected chi connectivity index (χ2v) is 8.63. The van der Waals surface area contributed by atoms with E-state index in [2.05, 4.69) is 10.6 Å². The van der Waals surface area contributed by atoms with Gasteiger partial charge in [0.1, 0.15) is 0 Å². The van der Waals surface area contributed by atoms with Gasteiger partial charge in [-0.1, -0.05) is 60.7 Å². The maximum atomic E-state index is 13.4. The van der Waals surface area contributed by atoms with Gasteiger partial charge in [-0.05, 0) is 18.1 Å². The molecule has 144 valence electrons. The summed E-state index contributed by atoms with van der Waals surface area (Å²) < 4.78 is 28.0. The van der Waals surface area contributed by atoms with E-state index in [1.54, 1.807) is 6.92 Å². The van der Waals surface area contributed by atoms with Crippen molar-refractivity contribution in [1.82, 2.24) is 14.9 Å². The Morgan fingerprint density at radius 3 is 1.89 bits per heavy atom. The van der Waals surface area contributed by atoms with Crippen LogP contribution in [0.2, 0.25) is 0 Å². The van der Waals surface area contributed by atoms with Crippen molar-refractivity contribution >= 4 is 15.9 Å². The van der Waals surface area contributed by atoms with Gasteiger partial charge in [0.2, 0.25) is 15.9 Å². The molecule has 0 saturated carbocycles. The van der Waals surface area contributed by atoms with Crippen LogP contribution >= 0.6 is 0 Å². The highest BCUT2D eigenvalue weighted by molar-refractivity contribution is 7.90. The van der Waals surface area contributed by atoms with Crippen LogP contribution in [0.15, 0.2) is 60.7 Å². The lowest BCUT2D eigenvalue weighted by Crippen LogP contribution is -2.66. The minimum Gasteiger partial charge on any atom is -0.361 e. The number of aliphatic hydroxyl groups is 1. The molecule has 1 amide bonds. The molecule has 0 bridgehead atoms. The highest BCUT2D eigenvalue weighted by atomic mass is 32.2. The summed E-state index contributed by atoms with van der Waals surface area (Å²) in [5, 5.41) is 13.2. The highest BCUT2D eigenvalue weighted by Gasteiger charge is 2.45. The molecule has 1 saturated heterocycles. The molecule has 0 radical (unpaired) electrons. The van der Waals surface area contributed by atoms with Crippen LogP contribution in [0.5, 0.6) is 0 Å². The van der Waals surface area contributed by atoms with E-state index in [1.165, 1.54) is 4.31 Å². The molecule has 0 spiro atoms. The van der Waals surface area contributed by atoms with Crippen LogP contribution in [0.1, 0.15) is 18.1 Å². The van der Waals surface area contributed by atoms with Crippen molar-refractivity contribution in [2.24, 2.45) is 0 Å². The van der Waals surface area contributed by atoms with E-state index in [-0.39, 0.29) is 13.1 Å². The molecule has 1 heterocycles. The summed E-state index contributed by atoms with van der Waals surface area (Å²) in [5.41, 5.74) is 1.66. The highest BCUT2D eigenvalue weighted by Crippen LogP contribution is 2.21. The molecule has 2 aromatic rings. The lowest BCUT2D eigenvalue weighted by molar-refractivity contribution is -0.128. The number of hydrogen-bond acceptors (Lipinski definition) is 5. The normalized spacial score (nSPS) is 23.2. The van der Waals surface area contributed by atoms with Gasteiger partial charge in [-0.3, -0.25) is 10.1 Å². The standard InChI is InChI=1S/C19H23N3O4S/c1-14-17(18(23)21-19(24)20-14)27(25,26)22(12-15-8-4-2-5-9-15)13-16-10-6-3-7-11-16/h2-11,14,17,19-20,24H,12-13H2,1H3,(H,21,23). The second-order valence-electron chi connectivity index (χ2n) is 6.57. The van der Waals surface area contributed by atoms with Crippen LogP contribution in [0.4, 0.5) is 0 Å². The number of hydrogen-bond donors (Lipinski definition) is 3. The Morgan fingerprint density at radius 2 is 1.44 bits per heavy atom. The third-order valence-electron chi connectivity index (χ3n) is 4.50. The summed E-state index contributed by atoms with van der Waals surface area (Å²) in [6.07, 6.45) is -1.25.